The third-order valence-corrected chi connectivity index (χ3v) is 3.90. The number of nitrogens with one attached hydrogen (secondary N) is 1. The minimum Gasteiger partial charge on any atom is -0.482 e. The van der Waals surface area contributed by atoms with Crippen LogP contribution in [0, 0.1) is 0 Å². The average Bonchev–Trinajstić information content (AvgIpc) is 2.92. The van der Waals surface area contributed by atoms with Gasteiger partial charge in [-0.3, -0.25) is 10.2 Å². The van der Waals surface area contributed by atoms with Gasteiger partial charge in [0.1, 0.15) is 11.6 Å². The van der Waals surface area contributed by atoms with E-state index < -0.39 is 0 Å². The van der Waals surface area contributed by atoms with Crippen molar-refractivity contribution in [3.05, 3.63) is 29.1 Å². The van der Waals surface area contributed by atoms with Gasteiger partial charge in [0.15, 0.2) is 6.61 Å². The number of carbonyl (C=O) groups excluding carboxylic acids is 1. The number of hydrazone groups is 1. The summed E-state index contributed by atoms with van der Waals surface area (Å²) in [5.74, 6) is 1.13. The Morgan fingerprint density at radius 3 is 3.18 bits per heavy atom. The van der Waals surface area contributed by atoms with Crippen LogP contribution in [0.2, 0.25) is 0 Å². The Bertz CT molecular complexity index is 728. The number of aromatic nitrogens is 1. The normalized spacial score (nSPS) is 14.0. The topological polar surface area (TPSA) is 92.8 Å². The zero-order chi connectivity index (χ0) is 15.5. The van der Waals surface area contributed by atoms with Crippen molar-refractivity contribution in [2.45, 2.75) is 6.92 Å². The molecule has 0 bridgehead atoms. The van der Waals surface area contributed by atoms with Crippen LogP contribution in [0.3, 0.4) is 0 Å². The highest BCUT2D eigenvalue weighted by molar-refractivity contribution is 7.14. The molecule has 3 N–H and O–H groups in total. The number of thiazole rings is 1. The van der Waals surface area contributed by atoms with Crippen molar-refractivity contribution < 1.29 is 9.53 Å². The summed E-state index contributed by atoms with van der Waals surface area (Å²) in [4.78, 5) is 17.6. The molecule has 0 aliphatic carbocycles. The van der Waals surface area contributed by atoms with Crippen LogP contribution < -0.4 is 20.8 Å². The lowest BCUT2D eigenvalue weighted by Crippen LogP contribution is -2.38. The summed E-state index contributed by atoms with van der Waals surface area (Å²) in [6, 6.07) is 5.59. The number of benzene rings is 1. The monoisotopic (exact) mass is 317 g/mol. The molecule has 0 atom stereocenters. The number of nitrogens with zero attached hydrogens (tertiary/aromatic N) is 3. The first kappa shape index (κ1) is 14.3. The number of fused-ring (bicyclic) bond motifs is 1. The quantitative estimate of drug-likeness (QED) is 0.664. The Kier molecular flexibility index (Phi) is 3.92. The largest absolute Gasteiger partial charge is 0.482 e. The average molecular weight is 317 g/mol. The highest BCUT2D eigenvalue weighted by Gasteiger charge is 2.24. The first-order valence-electron chi connectivity index (χ1n) is 6.74. The van der Waals surface area contributed by atoms with Crippen LogP contribution in [-0.4, -0.2) is 30.3 Å². The van der Waals surface area contributed by atoms with Gasteiger partial charge >= 0.3 is 0 Å². The fourth-order valence-corrected chi connectivity index (χ4v) is 2.69. The predicted octanol–water partition coefficient (Wildman–Crippen LogP) is 1.92. The van der Waals surface area contributed by atoms with E-state index in [4.69, 9.17) is 10.5 Å². The van der Waals surface area contributed by atoms with Crippen molar-refractivity contribution in [2.24, 2.45) is 5.10 Å². The van der Waals surface area contributed by atoms with Crippen LogP contribution in [0.5, 0.6) is 5.75 Å². The Hall–Kier alpha value is -2.61. The van der Waals surface area contributed by atoms with E-state index in [0.29, 0.717) is 23.2 Å². The molecule has 0 fully saturated rings. The molecular weight excluding hydrogens is 302 g/mol. The summed E-state index contributed by atoms with van der Waals surface area (Å²) >= 11 is 1.38. The molecule has 1 amide bonds. The van der Waals surface area contributed by atoms with Gasteiger partial charge in [0.25, 0.3) is 5.91 Å². The van der Waals surface area contributed by atoms with E-state index in [9.17, 15) is 4.79 Å². The minimum absolute atomic E-state index is 0.0412. The molecule has 1 aliphatic heterocycles. The van der Waals surface area contributed by atoms with E-state index in [1.807, 2.05) is 25.1 Å². The SMILES string of the molecule is CCN1C(=O)COc2ccc(C=NNc3nc(N)cs3)cc21. The molecule has 7 nitrogen and oxygen atoms in total. The van der Waals surface area contributed by atoms with Gasteiger partial charge in [-0.1, -0.05) is 0 Å². The van der Waals surface area contributed by atoms with Gasteiger partial charge in [0.2, 0.25) is 5.13 Å². The van der Waals surface area contributed by atoms with Crippen LogP contribution in [0.1, 0.15) is 12.5 Å². The molecule has 1 aromatic heterocycles. The van der Waals surface area contributed by atoms with Crippen LogP contribution in [0.4, 0.5) is 16.6 Å². The Balaban J connectivity index is 1.78. The summed E-state index contributed by atoms with van der Waals surface area (Å²) in [5.41, 5.74) is 9.97. The first-order valence-corrected chi connectivity index (χ1v) is 7.62. The van der Waals surface area contributed by atoms with Crippen LogP contribution in [0.25, 0.3) is 0 Å². The van der Waals surface area contributed by atoms with Crippen LogP contribution >= 0.6 is 11.3 Å². The first-order chi connectivity index (χ1) is 10.7. The number of anilines is 3. The highest BCUT2D eigenvalue weighted by atomic mass is 32.1. The maximum Gasteiger partial charge on any atom is 0.265 e. The lowest BCUT2D eigenvalue weighted by Gasteiger charge is -2.28. The minimum atomic E-state index is -0.0412. The number of ether oxygens (including phenoxy) is 1. The third-order valence-electron chi connectivity index (χ3n) is 3.14. The predicted molar refractivity (Wildman–Crippen MR) is 87.7 cm³/mol. The lowest BCUT2D eigenvalue weighted by atomic mass is 10.1. The van der Waals surface area contributed by atoms with Crippen molar-refractivity contribution in [2.75, 3.05) is 29.2 Å². The number of nitrogens with two attached hydrogens (primary N) is 1. The van der Waals surface area contributed by atoms with Crippen molar-refractivity contribution in [1.29, 1.82) is 0 Å². The Morgan fingerprint density at radius 1 is 1.59 bits per heavy atom. The van der Waals surface area contributed by atoms with E-state index in [1.54, 1.807) is 16.5 Å². The second-order valence-corrected chi connectivity index (χ2v) is 5.46. The van der Waals surface area contributed by atoms with Crippen LogP contribution in [-0.2, 0) is 4.79 Å². The van der Waals surface area contributed by atoms with E-state index in [2.05, 4.69) is 15.5 Å². The number of amides is 1. The van der Waals surface area contributed by atoms with Gasteiger partial charge in [-0.05, 0) is 30.7 Å². The zero-order valence-electron chi connectivity index (χ0n) is 11.9. The molecule has 0 unspecified atom stereocenters. The Morgan fingerprint density at radius 2 is 2.45 bits per heavy atom. The molecule has 8 heteroatoms. The molecule has 22 heavy (non-hydrogen) atoms. The number of hydrogen-bond acceptors (Lipinski definition) is 7. The summed E-state index contributed by atoms with van der Waals surface area (Å²) < 4.78 is 5.43. The molecule has 114 valence electrons. The number of nitrogen functional groups attached to an aromatic ring is 1. The van der Waals surface area contributed by atoms with Gasteiger partial charge in [0, 0.05) is 11.9 Å². The molecule has 2 aromatic rings. The lowest BCUT2D eigenvalue weighted by molar-refractivity contribution is -0.121. The summed E-state index contributed by atoms with van der Waals surface area (Å²) in [6.07, 6.45) is 1.66. The number of carbonyl (C=O) groups is 1. The summed E-state index contributed by atoms with van der Waals surface area (Å²) in [7, 11) is 0. The van der Waals surface area contributed by atoms with Gasteiger partial charge in [-0.25, -0.2) is 4.98 Å². The van der Waals surface area contributed by atoms with Gasteiger partial charge in [0.05, 0.1) is 11.9 Å². The molecule has 0 saturated heterocycles. The van der Waals surface area contributed by atoms with Gasteiger partial charge in [-0.2, -0.15) is 5.10 Å². The summed E-state index contributed by atoms with van der Waals surface area (Å²) in [5, 5.41) is 6.48. The standard InChI is InChI=1S/C14H15N5O2S/c1-2-19-10-5-9(3-4-11(10)21-7-13(19)20)6-16-18-14-17-12(15)8-22-14/h3-6,8H,2,7,15H2,1H3,(H,17,18). The van der Waals surface area contributed by atoms with Crippen molar-refractivity contribution in [3.8, 4) is 5.75 Å². The molecule has 3 rings (SSSR count). The fourth-order valence-electron chi connectivity index (χ4n) is 2.15. The third kappa shape index (κ3) is 2.86. The van der Waals surface area contributed by atoms with E-state index in [-0.39, 0.29) is 12.5 Å². The smallest absolute Gasteiger partial charge is 0.265 e. The van der Waals surface area contributed by atoms with Crippen LogP contribution in [0.15, 0.2) is 28.7 Å². The molecule has 2 heterocycles. The van der Waals surface area contributed by atoms with Gasteiger partial charge < -0.3 is 15.4 Å². The zero-order valence-corrected chi connectivity index (χ0v) is 12.8. The molecule has 0 spiro atoms. The van der Waals surface area contributed by atoms with Gasteiger partial charge in [-0.15, -0.1) is 11.3 Å². The molecule has 0 saturated carbocycles. The maximum atomic E-state index is 11.8. The second kappa shape index (κ2) is 6.02. The van der Waals surface area contributed by atoms with Crippen molar-refractivity contribution >= 4 is 40.1 Å². The fraction of sp³-hybridized carbons (Fsp3) is 0.214. The van der Waals surface area contributed by atoms with Crippen molar-refractivity contribution in [1.82, 2.24) is 4.98 Å². The highest BCUT2D eigenvalue weighted by Crippen LogP contribution is 2.32. The van der Waals surface area contributed by atoms with E-state index in [0.717, 1.165) is 11.3 Å². The van der Waals surface area contributed by atoms with E-state index >= 15 is 0 Å². The van der Waals surface area contributed by atoms with E-state index in [1.165, 1.54) is 11.3 Å². The number of rotatable bonds is 4. The second-order valence-electron chi connectivity index (χ2n) is 4.60. The maximum absolute atomic E-state index is 11.8. The Labute approximate surface area is 131 Å². The molecule has 1 aromatic carbocycles. The summed E-state index contributed by atoms with van der Waals surface area (Å²) in [6.45, 7) is 2.62. The molecule has 1 aliphatic rings. The number of hydrogen-bond donors (Lipinski definition) is 2. The van der Waals surface area contributed by atoms with Crippen molar-refractivity contribution in [3.63, 3.8) is 0 Å². The number of likely N-dealkylation sites (N-methyl/N-ethyl adjacent to an activating group) is 1. The molecular formula is C14H15N5O2S. The molecule has 0 radical (unpaired) electrons.